The van der Waals surface area contributed by atoms with Gasteiger partial charge in [-0.2, -0.15) is 0 Å². The van der Waals surface area contributed by atoms with Gasteiger partial charge in [0.2, 0.25) is 0 Å². The molecule has 10 heavy (non-hydrogen) atoms. The van der Waals surface area contributed by atoms with Crippen LogP contribution in [0.1, 0.15) is 0 Å². The van der Waals surface area contributed by atoms with Crippen LogP contribution in [0.5, 0.6) is 0 Å². The van der Waals surface area contributed by atoms with E-state index in [1.807, 2.05) is 18.3 Å². The average molecular weight is 292 g/mol. The molecule has 1 radical (unpaired) electrons. The SMILES string of the molecule is [Lu].c1ccc2[nH]ccc2c1. The monoisotopic (exact) mass is 292 g/mol. The summed E-state index contributed by atoms with van der Waals surface area (Å²) in [6, 6.07) is 10.3. The van der Waals surface area contributed by atoms with Gasteiger partial charge in [0.15, 0.2) is 0 Å². The van der Waals surface area contributed by atoms with Gasteiger partial charge in [-0.05, 0) is 17.5 Å². The first-order valence-corrected chi connectivity index (χ1v) is 2.99. The summed E-state index contributed by atoms with van der Waals surface area (Å²) in [6.07, 6.45) is 1.95. The van der Waals surface area contributed by atoms with Crippen LogP contribution in [-0.4, -0.2) is 4.98 Å². The maximum absolute atomic E-state index is 3.12. The van der Waals surface area contributed by atoms with Crippen molar-refractivity contribution < 1.29 is 36.9 Å². The van der Waals surface area contributed by atoms with Crippen molar-refractivity contribution in [3.63, 3.8) is 0 Å². The average Bonchev–Trinajstić information content (AvgIpc) is 2.33. The Hall–Kier alpha value is -0.00623. The van der Waals surface area contributed by atoms with Crippen LogP contribution < -0.4 is 0 Å². The van der Waals surface area contributed by atoms with E-state index in [0.29, 0.717) is 0 Å². The summed E-state index contributed by atoms with van der Waals surface area (Å²) in [7, 11) is 0. The second-order valence-corrected chi connectivity index (χ2v) is 2.06. The van der Waals surface area contributed by atoms with E-state index in [2.05, 4.69) is 23.2 Å². The molecule has 1 N–H and O–H groups in total. The van der Waals surface area contributed by atoms with Crippen molar-refractivity contribution in [2.75, 3.05) is 0 Å². The molecule has 0 amide bonds. The molecular weight excluding hydrogens is 285 g/mol. The number of hydrogen-bond donors (Lipinski definition) is 1. The molecule has 2 heteroatoms. The summed E-state index contributed by atoms with van der Waals surface area (Å²) in [4.78, 5) is 3.12. The van der Waals surface area contributed by atoms with Crippen molar-refractivity contribution in [3.8, 4) is 0 Å². The Morgan fingerprint density at radius 3 is 2.60 bits per heavy atom. The van der Waals surface area contributed by atoms with Crippen molar-refractivity contribution in [1.82, 2.24) is 4.98 Å². The molecule has 0 saturated heterocycles. The number of hydrogen-bond acceptors (Lipinski definition) is 0. The molecular formula is C8H7LuN. The van der Waals surface area contributed by atoms with Gasteiger partial charge in [-0.25, -0.2) is 0 Å². The minimum atomic E-state index is 0. The Morgan fingerprint density at radius 1 is 1.00 bits per heavy atom. The van der Waals surface area contributed by atoms with Crippen molar-refractivity contribution in [2.24, 2.45) is 0 Å². The van der Waals surface area contributed by atoms with Gasteiger partial charge in [0.1, 0.15) is 0 Å². The molecule has 59 valence electrons. The van der Waals surface area contributed by atoms with Crippen LogP contribution in [0.3, 0.4) is 0 Å². The Morgan fingerprint density at radius 2 is 1.80 bits per heavy atom. The molecule has 2 rings (SSSR count). The fourth-order valence-corrected chi connectivity index (χ4v) is 0.995. The van der Waals surface area contributed by atoms with Gasteiger partial charge >= 0.3 is 0 Å². The quantitative estimate of drug-likeness (QED) is 0.766. The number of nitrogens with one attached hydrogen (secondary N) is 1. The summed E-state index contributed by atoms with van der Waals surface area (Å²) >= 11 is 0. The molecule has 0 saturated carbocycles. The second-order valence-electron chi connectivity index (χ2n) is 2.06. The van der Waals surface area contributed by atoms with Crippen LogP contribution in [0, 0.1) is 36.9 Å². The largest absolute Gasteiger partial charge is 0.361 e. The first-order valence-electron chi connectivity index (χ1n) is 2.99. The van der Waals surface area contributed by atoms with Crippen LogP contribution in [0.2, 0.25) is 0 Å². The number of aromatic amines is 1. The molecule has 1 aromatic carbocycles. The van der Waals surface area contributed by atoms with Gasteiger partial charge in [0, 0.05) is 48.6 Å². The number of fused-ring (bicyclic) bond motifs is 1. The number of benzene rings is 1. The predicted molar refractivity (Wildman–Crippen MR) is 38.3 cm³/mol. The molecule has 0 atom stereocenters. The topological polar surface area (TPSA) is 15.8 Å². The van der Waals surface area contributed by atoms with Gasteiger partial charge in [0.25, 0.3) is 0 Å². The molecule has 0 fully saturated rings. The van der Waals surface area contributed by atoms with E-state index in [9.17, 15) is 0 Å². The van der Waals surface area contributed by atoms with Crippen LogP contribution in [0.4, 0.5) is 0 Å². The zero-order chi connectivity index (χ0) is 6.10. The minimum absolute atomic E-state index is 0. The summed E-state index contributed by atoms with van der Waals surface area (Å²) < 4.78 is 0. The normalized spacial score (nSPS) is 9.20. The van der Waals surface area contributed by atoms with E-state index in [1.54, 1.807) is 0 Å². The molecule has 0 aliphatic carbocycles. The van der Waals surface area contributed by atoms with Crippen molar-refractivity contribution in [3.05, 3.63) is 36.5 Å². The van der Waals surface area contributed by atoms with E-state index in [-0.39, 0.29) is 36.9 Å². The third-order valence-electron chi connectivity index (χ3n) is 1.46. The van der Waals surface area contributed by atoms with E-state index in [0.717, 1.165) is 0 Å². The minimum Gasteiger partial charge on any atom is -0.361 e. The first-order chi connectivity index (χ1) is 4.47. The maximum Gasteiger partial charge on any atom is 0.0453 e. The summed E-state index contributed by atoms with van der Waals surface area (Å²) in [5.41, 5.74) is 1.21. The van der Waals surface area contributed by atoms with Crippen LogP contribution in [0.15, 0.2) is 36.5 Å². The van der Waals surface area contributed by atoms with Gasteiger partial charge in [-0.1, -0.05) is 18.2 Å². The Bertz CT molecular complexity index is 283. The Labute approximate surface area is 88.6 Å². The van der Waals surface area contributed by atoms with Crippen LogP contribution in [0.25, 0.3) is 10.9 Å². The Balaban J connectivity index is 0.000000500. The molecule has 0 bridgehead atoms. The summed E-state index contributed by atoms with van der Waals surface area (Å²) in [6.45, 7) is 0. The second kappa shape index (κ2) is 3.40. The summed E-state index contributed by atoms with van der Waals surface area (Å²) in [5, 5.41) is 1.28. The smallest absolute Gasteiger partial charge is 0.0453 e. The standard InChI is InChI=1S/C8H7N.Lu/c1-2-4-8-7(3-1)5-6-9-8;/h1-6,9H;. The number of para-hydroxylation sites is 1. The fourth-order valence-electron chi connectivity index (χ4n) is 0.995. The fraction of sp³-hybridized carbons (Fsp3) is 0. The molecule has 0 unspecified atom stereocenters. The van der Waals surface area contributed by atoms with Gasteiger partial charge < -0.3 is 4.98 Å². The third kappa shape index (κ3) is 1.35. The van der Waals surface area contributed by atoms with Crippen molar-refractivity contribution in [1.29, 1.82) is 0 Å². The molecule has 0 aliphatic heterocycles. The molecule has 1 heterocycles. The van der Waals surface area contributed by atoms with Crippen molar-refractivity contribution in [2.45, 2.75) is 0 Å². The van der Waals surface area contributed by atoms with Gasteiger partial charge in [-0.15, -0.1) is 0 Å². The zero-order valence-corrected chi connectivity index (χ0v) is 6.88. The first kappa shape index (κ1) is 8.09. The van der Waals surface area contributed by atoms with E-state index >= 15 is 0 Å². The number of aromatic nitrogens is 1. The predicted octanol–water partition coefficient (Wildman–Crippen LogP) is 2.17. The van der Waals surface area contributed by atoms with Gasteiger partial charge in [-0.3, -0.25) is 0 Å². The molecule has 1 aromatic heterocycles. The third-order valence-corrected chi connectivity index (χ3v) is 1.46. The van der Waals surface area contributed by atoms with E-state index < -0.39 is 0 Å². The zero-order valence-electron chi connectivity index (χ0n) is 5.22. The maximum atomic E-state index is 3.12. The molecule has 2 aromatic rings. The summed E-state index contributed by atoms with van der Waals surface area (Å²) in [5.74, 6) is 0. The van der Waals surface area contributed by atoms with Crippen LogP contribution >= 0.6 is 0 Å². The number of H-pyrrole nitrogens is 1. The molecule has 1 nitrogen and oxygen atoms in total. The van der Waals surface area contributed by atoms with Crippen molar-refractivity contribution >= 4 is 10.9 Å². The van der Waals surface area contributed by atoms with E-state index in [1.165, 1.54) is 10.9 Å². The number of rotatable bonds is 0. The Kier molecular flexibility index (Phi) is 2.76. The van der Waals surface area contributed by atoms with E-state index in [4.69, 9.17) is 0 Å². The molecule has 0 aliphatic rings. The van der Waals surface area contributed by atoms with Crippen LogP contribution in [-0.2, 0) is 0 Å². The van der Waals surface area contributed by atoms with Gasteiger partial charge in [0.05, 0.1) is 0 Å². The molecule has 0 spiro atoms.